The smallest absolute Gasteiger partial charge is 0.226 e. The predicted octanol–water partition coefficient (Wildman–Crippen LogP) is 3.46. The van der Waals surface area contributed by atoms with Gasteiger partial charge in [0.2, 0.25) is 11.8 Å². The summed E-state index contributed by atoms with van der Waals surface area (Å²) in [5.41, 5.74) is 1.12. The molecule has 0 bridgehead atoms. The molecule has 1 aromatic rings. The molecular weight excluding hydrogens is 302 g/mol. The van der Waals surface area contributed by atoms with Crippen LogP contribution in [0, 0.1) is 11.3 Å². The molecule has 5 nitrogen and oxygen atoms in total. The van der Waals surface area contributed by atoms with E-state index in [1.807, 2.05) is 4.90 Å². The van der Waals surface area contributed by atoms with E-state index in [0.29, 0.717) is 17.8 Å². The third-order valence-corrected chi connectivity index (χ3v) is 4.53. The fourth-order valence-corrected chi connectivity index (χ4v) is 3.28. The molecule has 2 rings (SSSR count). The third-order valence-electron chi connectivity index (χ3n) is 4.53. The van der Waals surface area contributed by atoms with Crippen LogP contribution < -0.4 is 5.32 Å². The largest absolute Gasteiger partial charge is 0.339 e. The highest BCUT2D eigenvalue weighted by Crippen LogP contribution is 2.22. The summed E-state index contributed by atoms with van der Waals surface area (Å²) in [5.74, 6) is -0.0915. The summed E-state index contributed by atoms with van der Waals surface area (Å²) in [6.07, 6.45) is 7.11. The fraction of sp³-hybridized carbons (Fsp3) is 0.526. The van der Waals surface area contributed by atoms with Crippen molar-refractivity contribution in [3.8, 4) is 6.07 Å². The lowest BCUT2D eigenvalue weighted by Gasteiger charge is -2.30. The Morgan fingerprint density at radius 2 is 1.96 bits per heavy atom. The Morgan fingerprint density at radius 3 is 2.58 bits per heavy atom. The minimum atomic E-state index is -0.134. The number of nitriles is 1. The first kappa shape index (κ1) is 18.0. The second kappa shape index (κ2) is 9.07. The first-order valence-corrected chi connectivity index (χ1v) is 8.67. The first-order valence-electron chi connectivity index (χ1n) is 8.67. The van der Waals surface area contributed by atoms with Crippen molar-refractivity contribution < 1.29 is 9.59 Å². The Balaban J connectivity index is 1.89. The number of nitrogens with zero attached hydrogens (tertiary/aromatic N) is 2. The van der Waals surface area contributed by atoms with Gasteiger partial charge in [-0.15, -0.1) is 0 Å². The number of benzene rings is 1. The highest BCUT2D eigenvalue weighted by atomic mass is 16.2. The lowest BCUT2D eigenvalue weighted by atomic mass is 10.1. The lowest BCUT2D eigenvalue weighted by molar-refractivity contribution is -0.131. The molecule has 1 fully saturated rings. The van der Waals surface area contributed by atoms with Gasteiger partial charge >= 0.3 is 0 Å². The molecule has 0 aliphatic heterocycles. The minimum absolute atomic E-state index is 0.0428. The topological polar surface area (TPSA) is 73.2 Å². The molecule has 0 saturated heterocycles. The van der Waals surface area contributed by atoms with Crippen molar-refractivity contribution in [2.24, 2.45) is 0 Å². The van der Waals surface area contributed by atoms with Crippen LogP contribution in [0.15, 0.2) is 24.3 Å². The van der Waals surface area contributed by atoms with Crippen LogP contribution in [0.3, 0.4) is 0 Å². The third kappa shape index (κ3) is 5.38. The zero-order chi connectivity index (χ0) is 17.4. The predicted molar refractivity (Wildman–Crippen MR) is 93.3 cm³/mol. The quantitative estimate of drug-likeness (QED) is 0.842. The average molecular weight is 327 g/mol. The van der Waals surface area contributed by atoms with Crippen molar-refractivity contribution in [2.75, 3.05) is 11.9 Å². The molecule has 0 atom stereocenters. The molecule has 1 aromatic carbocycles. The maximum Gasteiger partial charge on any atom is 0.226 e. The first-order chi connectivity index (χ1) is 11.6. The van der Waals surface area contributed by atoms with Gasteiger partial charge in [0.15, 0.2) is 0 Å². The van der Waals surface area contributed by atoms with Crippen LogP contribution in [-0.4, -0.2) is 29.3 Å². The van der Waals surface area contributed by atoms with E-state index in [1.165, 1.54) is 12.8 Å². The van der Waals surface area contributed by atoms with Crippen molar-refractivity contribution in [3.05, 3.63) is 29.8 Å². The van der Waals surface area contributed by atoms with Gasteiger partial charge in [-0.2, -0.15) is 5.26 Å². The number of nitrogens with one attached hydrogen (secondary N) is 1. The molecule has 0 aromatic heterocycles. The highest BCUT2D eigenvalue weighted by molar-refractivity contribution is 5.91. The molecule has 24 heavy (non-hydrogen) atoms. The second-order valence-electron chi connectivity index (χ2n) is 6.35. The number of hydrogen-bond donors (Lipinski definition) is 1. The van der Waals surface area contributed by atoms with E-state index in [-0.39, 0.29) is 24.3 Å². The summed E-state index contributed by atoms with van der Waals surface area (Å²) in [6.45, 7) is 2.03. The Labute approximate surface area is 143 Å². The van der Waals surface area contributed by atoms with Gasteiger partial charge in [0, 0.05) is 31.6 Å². The molecule has 1 aliphatic carbocycles. The van der Waals surface area contributed by atoms with Gasteiger partial charge < -0.3 is 10.2 Å². The average Bonchev–Trinajstić information content (AvgIpc) is 2.84. The number of anilines is 1. The maximum atomic E-state index is 12.2. The molecule has 0 heterocycles. The van der Waals surface area contributed by atoms with Crippen molar-refractivity contribution >= 4 is 17.5 Å². The van der Waals surface area contributed by atoms with Crippen LogP contribution in [0.1, 0.15) is 57.4 Å². The molecule has 0 spiro atoms. The van der Waals surface area contributed by atoms with Crippen molar-refractivity contribution in [1.82, 2.24) is 4.90 Å². The monoisotopic (exact) mass is 327 g/mol. The van der Waals surface area contributed by atoms with Crippen molar-refractivity contribution in [1.29, 1.82) is 5.26 Å². The van der Waals surface area contributed by atoms with Crippen molar-refractivity contribution in [3.63, 3.8) is 0 Å². The second-order valence-corrected chi connectivity index (χ2v) is 6.35. The Bertz CT molecular complexity index is 613. The number of carbonyl (C=O) groups excluding carboxylic acids is 2. The summed E-state index contributed by atoms with van der Waals surface area (Å²) in [6, 6.07) is 9.15. The zero-order valence-electron chi connectivity index (χ0n) is 14.3. The van der Waals surface area contributed by atoms with E-state index in [9.17, 15) is 9.59 Å². The molecule has 0 radical (unpaired) electrons. The number of rotatable bonds is 5. The Morgan fingerprint density at radius 1 is 1.25 bits per heavy atom. The van der Waals surface area contributed by atoms with Gasteiger partial charge in [0.05, 0.1) is 11.6 Å². The van der Waals surface area contributed by atoms with Crippen LogP contribution in [0.4, 0.5) is 5.69 Å². The van der Waals surface area contributed by atoms with Crippen LogP contribution in [0.5, 0.6) is 0 Å². The minimum Gasteiger partial charge on any atom is -0.339 e. The molecular formula is C19H25N3O2. The van der Waals surface area contributed by atoms with Crippen LogP contribution in [0.2, 0.25) is 0 Å². The Hall–Kier alpha value is -2.35. The molecule has 1 N–H and O–H groups in total. The summed E-state index contributed by atoms with van der Waals surface area (Å²) in [5, 5.41) is 11.7. The van der Waals surface area contributed by atoms with E-state index in [4.69, 9.17) is 5.26 Å². The van der Waals surface area contributed by atoms with E-state index in [0.717, 1.165) is 25.7 Å². The molecule has 5 heteroatoms. The Kier molecular flexibility index (Phi) is 6.80. The number of amides is 2. The molecule has 1 saturated carbocycles. The number of hydrogen-bond acceptors (Lipinski definition) is 3. The van der Waals surface area contributed by atoms with E-state index < -0.39 is 0 Å². The van der Waals surface area contributed by atoms with Crippen LogP contribution >= 0.6 is 0 Å². The zero-order valence-corrected chi connectivity index (χ0v) is 14.3. The lowest BCUT2D eigenvalue weighted by Crippen LogP contribution is -2.40. The van der Waals surface area contributed by atoms with E-state index >= 15 is 0 Å². The molecule has 0 unspecified atom stereocenters. The summed E-state index contributed by atoms with van der Waals surface area (Å²) in [4.78, 5) is 26.0. The standard InChI is InChI=1S/C19H25N3O2/c1-15(23)22(18-9-4-2-3-5-10-18)12-11-19(24)21-17-8-6-7-16(13-17)14-20/h6-8,13,18H,2-5,9-12H2,1H3,(H,21,24). The van der Waals surface area contributed by atoms with E-state index in [1.54, 1.807) is 31.2 Å². The van der Waals surface area contributed by atoms with Gasteiger partial charge in [-0.1, -0.05) is 31.7 Å². The summed E-state index contributed by atoms with van der Waals surface area (Å²) < 4.78 is 0. The molecule has 1 aliphatic rings. The molecule has 2 amide bonds. The van der Waals surface area contributed by atoms with E-state index in [2.05, 4.69) is 11.4 Å². The molecule has 128 valence electrons. The summed E-state index contributed by atoms with van der Waals surface area (Å²) >= 11 is 0. The maximum absolute atomic E-state index is 12.2. The highest BCUT2D eigenvalue weighted by Gasteiger charge is 2.22. The number of carbonyl (C=O) groups is 2. The normalized spacial score (nSPS) is 15.2. The summed E-state index contributed by atoms with van der Waals surface area (Å²) in [7, 11) is 0. The van der Waals surface area contributed by atoms with Gasteiger partial charge in [-0.05, 0) is 31.0 Å². The fourth-order valence-electron chi connectivity index (χ4n) is 3.28. The van der Waals surface area contributed by atoms with Gasteiger partial charge in [-0.25, -0.2) is 0 Å². The van der Waals surface area contributed by atoms with Crippen LogP contribution in [0.25, 0.3) is 0 Å². The van der Waals surface area contributed by atoms with Gasteiger partial charge in [-0.3, -0.25) is 9.59 Å². The van der Waals surface area contributed by atoms with Gasteiger partial charge in [0.25, 0.3) is 0 Å². The van der Waals surface area contributed by atoms with Crippen LogP contribution in [-0.2, 0) is 9.59 Å². The SMILES string of the molecule is CC(=O)N(CCC(=O)Nc1cccc(C#N)c1)C1CCCCCC1. The van der Waals surface area contributed by atoms with Crippen molar-refractivity contribution in [2.45, 2.75) is 57.9 Å². The van der Waals surface area contributed by atoms with Gasteiger partial charge in [0.1, 0.15) is 0 Å².